The van der Waals surface area contributed by atoms with E-state index in [1.54, 1.807) is 0 Å². The minimum absolute atomic E-state index is 0.272. The predicted molar refractivity (Wildman–Crippen MR) is 209 cm³/mol. The molecule has 5 heteroatoms. The van der Waals surface area contributed by atoms with Gasteiger partial charge in [0.25, 0.3) is 0 Å². The van der Waals surface area contributed by atoms with Crippen molar-refractivity contribution in [2.75, 3.05) is 0 Å². The quantitative estimate of drug-likeness (QED) is 0.200. The van der Waals surface area contributed by atoms with Crippen LogP contribution in [0.5, 0.6) is 0 Å². The van der Waals surface area contributed by atoms with Crippen molar-refractivity contribution in [3.63, 3.8) is 0 Å². The molecular formula is C45H29N3OS. The van der Waals surface area contributed by atoms with E-state index in [1.165, 1.54) is 31.3 Å². The van der Waals surface area contributed by atoms with E-state index in [9.17, 15) is 0 Å². The Morgan fingerprint density at radius 2 is 1.16 bits per heavy atom. The molecule has 9 aromatic rings. The second kappa shape index (κ2) is 11.7. The maximum Gasteiger partial charge on any atom is 0.160 e. The molecule has 236 valence electrons. The molecule has 1 aliphatic rings. The van der Waals surface area contributed by atoms with Gasteiger partial charge in [0.2, 0.25) is 0 Å². The molecule has 0 bridgehead atoms. The van der Waals surface area contributed by atoms with Crippen molar-refractivity contribution in [3.05, 3.63) is 180 Å². The van der Waals surface area contributed by atoms with Crippen molar-refractivity contribution in [3.8, 4) is 22.3 Å². The molecule has 1 atom stereocenters. The molecular weight excluding hydrogens is 631 g/mol. The number of amidine groups is 2. The monoisotopic (exact) mass is 659 g/mol. The molecule has 4 nitrogen and oxygen atoms in total. The van der Waals surface area contributed by atoms with Crippen molar-refractivity contribution >= 4 is 65.1 Å². The van der Waals surface area contributed by atoms with Crippen molar-refractivity contribution in [1.82, 2.24) is 5.32 Å². The van der Waals surface area contributed by atoms with Crippen molar-refractivity contribution in [2.24, 2.45) is 9.98 Å². The zero-order valence-corrected chi connectivity index (χ0v) is 27.7. The molecule has 1 N–H and O–H groups in total. The summed E-state index contributed by atoms with van der Waals surface area (Å²) >= 11 is 1.85. The molecule has 7 aromatic carbocycles. The van der Waals surface area contributed by atoms with Gasteiger partial charge in [-0.25, -0.2) is 9.98 Å². The van der Waals surface area contributed by atoms with E-state index in [1.807, 2.05) is 59.9 Å². The Labute approximate surface area is 292 Å². The van der Waals surface area contributed by atoms with Crippen LogP contribution in [0.15, 0.2) is 178 Å². The molecule has 0 saturated heterocycles. The van der Waals surface area contributed by atoms with Gasteiger partial charge in [-0.3, -0.25) is 0 Å². The minimum atomic E-state index is -0.272. The zero-order valence-electron chi connectivity index (χ0n) is 26.9. The standard InChI is InChI=1S/C45H29N3OS/c1-3-11-28(12-4-1)43-46-44(29-13-5-2-6-14-29)48-45(47-43)37-18-10-19-38-42(37)36-24-22-32(26-39(36)49-38)30-15-9-16-31(25-30)33-21-23-35-34-17-7-8-20-40(34)50-41(35)27-33/h1-27,43H,(H,46,47,48). The highest BCUT2D eigenvalue weighted by Gasteiger charge is 2.23. The zero-order chi connectivity index (χ0) is 33.0. The van der Waals surface area contributed by atoms with E-state index in [-0.39, 0.29) is 6.17 Å². The maximum atomic E-state index is 6.54. The van der Waals surface area contributed by atoms with Gasteiger partial charge in [0.15, 0.2) is 5.84 Å². The van der Waals surface area contributed by atoms with Gasteiger partial charge in [-0.1, -0.05) is 127 Å². The Hall–Kier alpha value is -6.30. The lowest BCUT2D eigenvalue weighted by molar-refractivity contribution is 0.668. The Kier molecular flexibility index (Phi) is 6.71. The largest absolute Gasteiger partial charge is 0.456 e. The molecule has 1 unspecified atom stereocenters. The second-order valence-corrected chi connectivity index (χ2v) is 13.7. The number of furan rings is 1. The summed E-state index contributed by atoms with van der Waals surface area (Å²) < 4.78 is 9.17. The van der Waals surface area contributed by atoms with E-state index in [0.717, 1.165) is 55.6 Å². The molecule has 50 heavy (non-hydrogen) atoms. The number of nitrogens with zero attached hydrogens (tertiary/aromatic N) is 2. The third-order valence-corrected chi connectivity index (χ3v) is 10.7. The molecule has 0 aliphatic carbocycles. The van der Waals surface area contributed by atoms with Crippen LogP contribution in [0.1, 0.15) is 22.9 Å². The van der Waals surface area contributed by atoms with Crippen molar-refractivity contribution in [2.45, 2.75) is 6.17 Å². The van der Waals surface area contributed by atoms with Gasteiger partial charge < -0.3 is 9.73 Å². The summed E-state index contributed by atoms with van der Waals surface area (Å²) in [6, 6.07) is 57.4. The lowest BCUT2D eigenvalue weighted by Gasteiger charge is -2.23. The molecule has 10 rings (SSSR count). The maximum absolute atomic E-state index is 6.54. The first-order valence-electron chi connectivity index (χ1n) is 16.8. The van der Waals surface area contributed by atoms with Gasteiger partial charge in [0.1, 0.15) is 23.2 Å². The Balaban J connectivity index is 1.05. The highest BCUT2D eigenvalue weighted by Crippen LogP contribution is 2.39. The van der Waals surface area contributed by atoms with Crippen LogP contribution < -0.4 is 5.32 Å². The highest BCUT2D eigenvalue weighted by atomic mass is 32.1. The Morgan fingerprint density at radius 3 is 2.00 bits per heavy atom. The number of hydrogen-bond donors (Lipinski definition) is 1. The fourth-order valence-electron chi connectivity index (χ4n) is 7.09. The van der Waals surface area contributed by atoms with Crippen LogP contribution in [0.2, 0.25) is 0 Å². The van der Waals surface area contributed by atoms with Crippen LogP contribution in [-0.4, -0.2) is 11.7 Å². The second-order valence-electron chi connectivity index (χ2n) is 12.6. The molecule has 3 heterocycles. The number of nitrogens with one attached hydrogen (secondary N) is 1. The number of rotatable bonds is 5. The summed E-state index contributed by atoms with van der Waals surface area (Å²) in [5.41, 5.74) is 9.35. The number of thiophene rings is 1. The molecule has 0 saturated carbocycles. The van der Waals surface area contributed by atoms with E-state index < -0.39 is 0 Å². The molecule has 0 spiro atoms. The first-order chi connectivity index (χ1) is 24.7. The third-order valence-electron chi connectivity index (χ3n) is 9.55. The van der Waals surface area contributed by atoms with Crippen LogP contribution in [0.3, 0.4) is 0 Å². The number of hydrogen-bond acceptors (Lipinski definition) is 5. The molecule has 0 amide bonds. The normalized spacial score (nSPS) is 14.6. The fourth-order valence-corrected chi connectivity index (χ4v) is 8.24. The number of benzene rings is 7. The average molecular weight is 660 g/mol. The first kappa shape index (κ1) is 28.7. The summed E-state index contributed by atoms with van der Waals surface area (Å²) in [5.74, 6) is 1.47. The summed E-state index contributed by atoms with van der Waals surface area (Å²) in [7, 11) is 0. The van der Waals surface area contributed by atoms with E-state index in [2.05, 4.69) is 121 Å². The van der Waals surface area contributed by atoms with E-state index >= 15 is 0 Å². The molecule has 0 radical (unpaired) electrons. The summed E-state index contributed by atoms with van der Waals surface area (Å²) in [6.07, 6.45) is -0.272. The number of fused-ring (bicyclic) bond motifs is 6. The lowest BCUT2D eigenvalue weighted by Crippen LogP contribution is -2.33. The fraction of sp³-hybridized carbons (Fsp3) is 0.0222. The average Bonchev–Trinajstić information content (AvgIpc) is 3.76. The Bertz CT molecular complexity index is 2790. The minimum Gasteiger partial charge on any atom is -0.456 e. The topological polar surface area (TPSA) is 49.9 Å². The third kappa shape index (κ3) is 4.90. The van der Waals surface area contributed by atoms with Gasteiger partial charge >= 0.3 is 0 Å². The molecule has 0 fully saturated rings. The summed E-state index contributed by atoms with van der Waals surface area (Å²) in [6.45, 7) is 0. The summed E-state index contributed by atoms with van der Waals surface area (Å²) in [4.78, 5) is 10.2. The van der Waals surface area contributed by atoms with Gasteiger partial charge in [-0.05, 0) is 64.2 Å². The highest BCUT2D eigenvalue weighted by molar-refractivity contribution is 7.25. The lowest BCUT2D eigenvalue weighted by atomic mass is 9.97. The van der Waals surface area contributed by atoms with Crippen LogP contribution >= 0.6 is 11.3 Å². The summed E-state index contributed by atoms with van der Waals surface area (Å²) in [5, 5.41) is 8.25. The number of aliphatic imine (C=N–C) groups is 2. The SMILES string of the molecule is c1ccc(C2=NC(c3cccc4oc5cc(-c6cccc(-c7ccc8c(c7)sc7ccccc78)c6)ccc5c34)=NC(c3ccccc3)N2)cc1. The van der Waals surface area contributed by atoms with Gasteiger partial charge in [0.05, 0.1) is 0 Å². The van der Waals surface area contributed by atoms with Crippen LogP contribution in [-0.2, 0) is 0 Å². The predicted octanol–water partition coefficient (Wildman–Crippen LogP) is 11.8. The smallest absolute Gasteiger partial charge is 0.160 e. The molecule has 2 aromatic heterocycles. The van der Waals surface area contributed by atoms with Crippen molar-refractivity contribution < 1.29 is 4.42 Å². The van der Waals surface area contributed by atoms with Crippen LogP contribution in [0.25, 0.3) is 64.4 Å². The van der Waals surface area contributed by atoms with Gasteiger partial charge in [-0.2, -0.15) is 0 Å². The van der Waals surface area contributed by atoms with Gasteiger partial charge in [-0.15, -0.1) is 11.3 Å². The van der Waals surface area contributed by atoms with Gasteiger partial charge in [0, 0.05) is 42.1 Å². The van der Waals surface area contributed by atoms with E-state index in [4.69, 9.17) is 14.4 Å². The van der Waals surface area contributed by atoms with Crippen molar-refractivity contribution in [1.29, 1.82) is 0 Å². The van der Waals surface area contributed by atoms with Crippen LogP contribution in [0.4, 0.5) is 0 Å². The van der Waals surface area contributed by atoms with Crippen LogP contribution in [0, 0.1) is 0 Å². The molecule has 1 aliphatic heterocycles. The Morgan fingerprint density at radius 1 is 0.500 bits per heavy atom. The first-order valence-corrected chi connectivity index (χ1v) is 17.6. The van der Waals surface area contributed by atoms with E-state index in [0.29, 0.717) is 5.84 Å².